The summed E-state index contributed by atoms with van der Waals surface area (Å²) in [5.74, 6) is -1.08. The van der Waals surface area contributed by atoms with E-state index in [1.54, 1.807) is 25.1 Å². The van der Waals surface area contributed by atoms with Gasteiger partial charge >= 0.3 is 5.97 Å². The van der Waals surface area contributed by atoms with Crippen molar-refractivity contribution in [3.63, 3.8) is 0 Å². The van der Waals surface area contributed by atoms with E-state index in [0.717, 1.165) is 5.56 Å². The molecule has 20 heavy (non-hydrogen) atoms. The van der Waals surface area contributed by atoms with Gasteiger partial charge in [0.25, 0.3) is 5.84 Å². The molecule has 2 rings (SSSR count). The normalized spacial score (nSPS) is 11.4. The summed E-state index contributed by atoms with van der Waals surface area (Å²) in [6.07, 6.45) is 0. The highest BCUT2D eigenvalue weighted by Crippen LogP contribution is 2.21. The van der Waals surface area contributed by atoms with E-state index in [9.17, 15) is 4.79 Å². The number of carbonyl (C=O) groups excluding carboxylic acids is 1. The van der Waals surface area contributed by atoms with Gasteiger partial charge in [-0.15, -0.1) is 0 Å². The second kappa shape index (κ2) is 5.75. The van der Waals surface area contributed by atoms with Crippen LogP contribution in [0, 0.1) is 6.92 Å². The zero-order chi connectivity index (χ0) is 14.7. The number of aromatic nitrogens is 2. The molecule has 0 radical (unpaired) electrons. The minimum absolute atomic E-state index is 0.301. The molecule has 1 aromatic carbocycles. The molecule has 1 N–H and O–H groups in total. The van der Waals surface area contributed by atoms with Crippen LogP contribution < -0.4 is 0 Å². The van der Waals surface area contributed by atoms with Crippen LogP contribution >= 0.6 is 11.6 Å². The molecule has 7 heteroatoms. The smallest absolute Gasteiger partial charge is 0.379 e. The largest absolute Gasteiger partial charge is 0.463 e. The van der Waals surface area contributed by atoms with Crippen LogP contribution in [0.15, 0.2) is 35.5 Å². The van der Waals surface area contributed by atoms with Crippen LogP contribution in [-0.2, 0) is 9.53 Å². The van der Waals surface area contributed by atoms with E-state index in [0.29, 0.717) is 16.4 Å². The van der Waals surface area contributed by atoms with E-state index in [1.807, 2.05) is 12.1 Å². The van der Waals surface area contributed by atoms with Gasteiger partial charge in [0.2, 0.25) is 0 Å². The van der Waals surface area contributed by atoms with Gasteiger partial charge in [0.15, 0.2) is 0 Å². The first-order chi connectivity index (χ1) is 9.56. The van der Waals surface area contributed by atoms with Gasteiger partial charge in [0, 0.05) is 16.3 Å². The summed E-state index contributed by atoms with van der Waals surface area (Å²) >= 11 is 5.83. The predicted octanol–water partition coefficient (Wildman–Crippen LogP) is 2.32. The van der Waals surface area contributed by atoms with Crippen LogP contribution in [0.4, 0.5) is 0 Å². The van der Waals surface area contributed by atoms with Crippen molar-refractivity contribution in [2.75, 3.05) is 7.11 Å². The molecule has 0 amide bonds. The Morgan fingerprint density at radius 3 is 2.60 bits per heavy atom. The summed E-state index contributed by atoms with van der Waals surface area (Å²) in [6, 6.07) is 8.86. The molecule has 104 valence electrons. The molecule has 0 fully saturated rings. The molecular formula is C13H12ClN3O3. The maximum Gasteiger partial charge on any atom is 0.379 e. The average molecular weight is 294 g/mol. The van der Waals surface area contributed by atoms with Crippen molar-refractivity contribution < 1.29 is 14.7 Å². The molecule has 0 aliphatic heterocycles. The molecule has 6 nitrogen and oxygen atoms in total. The molecule has 1 heterocycles. The molecule has 0 unspecified atom stereocenters. The number of nitrogens with zero attached hydrogens (tertiary/aromatic N) is 3. The van der Waals surface area contributed by atoms with Crippen molar-refractivity contribution >= 4 is 23.4 Å². The highest BCUT2D eigenvalue weighted by atomic mass is 35.5. The second-order valence-corrected chi connectivity index (χ2v) is 4.44. The molecule has 0 aliphatic rings. The van der Waals surface area contributed by atoms with Crippen LogP contribution in [0.3, 0.4) is 0 Å². The summed E-state index contributed by atoms with van der Waals surface area (Å²) in [6.45, 7) is 1.74. The van der Waals surface area contributed by atoms with Crippen molar-refractivity contribution in [2.45, 2.75) is 6.92 Å². The van der Waals surface area contributed by atoms with Gasteiger partial charge in [-0.3, -0.25) is 0 Å². The van der Waals surface area contributed by atoms with Crippen molar-refractivity contribution in [3.8, 4) is 11.3 Å². The zero-order valence-corrected chi connectivity index (χ0v) is 11.6. The Balaban J connectivity index is 2.44. The Bertz CT molecular complexity index is 662. The first-order valence-electron chi connectivity index (χ1n) is 5.70. The lowest BCUT2D eigenvalue weighted by Gasteiger charge is -2.03. The van der Waals surface area contributed by atoms with Crippen LogP contribution in [0.5, 0.6) is 0 Å². The number of halogens is 1. The van der Waals surface area contributed by atoms with Crippen molar-refractivity contribution in [2.24, 2.45) is 5.16 Å². The summed E-state index contributed by atoms with van der Waals surface area (Å²) in [4.78, 5) is 11.5. The number of hydrogen-bond acceptors (Lipinski definition) is 5. The molecule has 0 saturated heterocycles. The number of methoxy groups -OCH3 is 1. The average Bonchev–Trinajstić information content (AvgIpc) is 2.82. The molecule has 0 atom stereocenters. The molecule has 0 spiro atoms. The number of carbonyl (C=O) groups is 1. The summed E-state index contributed by atoms with van der Waals surface area (Å²) in [5, 5.41) is 16.7. The van der Waals surface area contributed by atoms with Gasteiger partial charge < -0.3 is 9.94 Å². The third kappa shape index (κ3) is 2.65. The Labute approximate surface area is 120 Å². The lowest BCUT2D eigenvalue weighted by atomic mass is 10.1. The van der Waals surface area contributed by atoms with Gasteiger partial charge in [-0.2, -0.15) is 5.10 Å². The first-order valence-corrected chi connectivity index (χ1v) is 6.08. The Kier molecular flexibility index (Phi) is 4.05. The molecule has 1 aromatic heterocycles. The summed E-state index contributed by atoms with van der Waals surface area (Å²) in [5.41, 5.74) is 2.09. The van der Waals surface area contributed by atoms with Crippen molar-refractivity contribution in [1.82, 2.24) is 9.78 Å². The molecule has 2 aromatic rings. The van der Waals surface area contributed by atoms with Gasteiger partial charge in [-0.1, -0.05) is 28.9 Å². The van der Waals surface area contributed by atoms with Gasteiger partial charge in [-0.25, -0.2) is 9.48 Å². The van der Waals surface area contributed by atoms with E-state index in [2.05, 4.69) is 15.0 Å². The van der Waals surface area contributed by atoms with Gasteiger partial charge in [0.1, 0.15) is 0 Å². The van der Waals surface area contributed by atoms with Crippen LogP contribution in [-0.4, -0.2) is 33.9 Å². The Morgan fingerprint density at radius 1 is 1.40 bits per heavy atom. The fraction of sp³-hybridized carbons (Fsp3) is 0.154. The van der Waals surface area contributed by atoms with Gasteiger partial charge in [-0.05, 0) is 25.1 Å². The molecular weight excluding hydrogens is 282 g/mol. The summed E-state index contributed by atoms with van der Waals surface area (Å²) in [7, 11) is 1.20. The quantitative estimate of drug-likeness (QED) is 0.288. The van der Waals surface area contributed by atoms with Gasteiger partial charge in [0.05, 0.1) is 12.8 Å². The van der Waals surface area contributed by atoms with Crippen molar-refractivity contribution in [1.29, 1.82) is 0 Å². The maximum absolute atomic E-state index is 11.5. The van der Waals surface area contributed by atoms with Crippen LogP contribution in [0.2, 0.25) is 5.02 Å². The van der Waals surface area contributed by atoms with Crippen LogP contribution in [0.1, 0.15) is 5.69 Å². The number of oxime groups is 1. The Hall–Kier alpha value is -2.34. The Morgan fingerprint density at radius 2 is 2.05 bits per heavy atom. The van der Waals surface area contributed by atoms with Crippen LogP contribution in [0.25, 0.3) is 11.3 Å². The van der Waals surface area contributed by atoms with E-state index < -0.39 is 5.97 Å². The fourth-order valence-electron chi connectivity index (χ4n) is 1.71. The number of benzene rings is 1. The number of esters is 1. The number of aryl methyl sites for hydroxylation is 1. The summed E-state index contributed by atoms with van der Waals surface area (Å²) < 4.78 is 5.75. The molecule has 0 bridgehead atoms. The highest BCUT2D eigenvalue weighted by molar-refractivity contribution is 6.35. The topological polar surface area (TPSA) is 76.7 Å². The monoisotopic (exact) mass is 293 g/mol. The molecule has 0 saturated carbocycles. The van der Waals surface area contributed by atoms with E-state index in [4.69, 9.17) is 16.8 Å². The first kappa shape index (κ1) is 14.1. The number of hydrogen-bond donors (Lipinski definition) is 1. The highest BCUT2D eigenvalue weighted by Gasteiger charge is 2.19. The fourth-order valence-corrected chi connectivity index (χ4v) is 1.84. The predicted molar refractivity (Wildman–Crippen MR) is 74.0 cm³/mol. The SMILES string of the molecule is COC(=O)/C(=N\O)n1nc(-c2ccc(Cl)cc2)cc1C. The third-order valence-electron chi connectivity index (χ3n) is 2.69. The van der Waals surface area contributed by atoms with E-state index in [-0.39, 0.29) is 5.84 Å². The standard InChI is InChI=1S/C13H12ClN3O3/c1-8-7-11(9-3-5-10(14)6-4-9)15-17(8)12(16-19)13(18)20-2/h3-7,19H,1-2H3/b16-12+. The zero-order valence-electron chi connectivity index (χ0n) is 10.9. The number of ether oxygens (including phenoxy) is 1. The second-order valence-electron chi connectivity index (χ2n) is 4.00. The lowest BCUT2D eigenvalue weighted by Crippen LogP contribution is -2.26. The van der Waals surface area contributed by atoms with E-state index in [1.165, 1.54) is 11.8 Å². The van der Waals surface area contributed by atoms with Crippen molar-refractivity contribution in [3.05, 3.63) is 41.0 Å². The lowest BCUT2D eigenvalue weighted by molar-refractivity contribution is -0.133. The number of rotatable bonds is 1. The maximum atomic E-state index is 11.5. The minimum Gasteiger partial charge on any atom is -0.463 e. The van der Waals surface area contributed by atoms with E-state index >= 15 is 0 Å². The third-order valence-corrected chi connectivity index (χ3v) is 2.94. The molecule has 0 aliphatic carbocycles. The minimum atomic E-state index is -0.777.